The van der Waals surface area contributed by atoms with E-state index in [-0.39, 0.29) is 17.1 Å². The van der Waals surface area contributed by atoms with Gasteiger partial charge in [0.15, 0.2) is 9.84 Å². The van der Waals surface area contributed by atoms with Crippen LogP contribution in [0.3, 0.4) is 0 Å². The van der Waals surface area contributed by atoms with Crippen molar-refractivity contribution in [1.82, 2.24) is 9.78 Å². The molecule has 6 nitrogen and oxygen atoms in total. The summed E-state index contributed by atoms with van der Waals surface area (Å²) < 4.78 is 23.5. The predicted molar refractivity (Wildman–Crippen MR) is 81.2 cm³/mol. The van der Waals surface area contributed by atoms with Crippen LogP contribution in [0, 0.1) is 0 Å². The van der Waals surface area contributed by atoms with Gasteiger partial charge in [-0.15, -0.1) is 0 Å². The van der Waals surface area contributed by atoms with Gasteiger partial charge in [-0.2, -0.15) is 5.10 Å². The van der Waals surface area contributed by atoms with Crippen LogP contribution in [0.2, 0.25) is 5.02 Å². The zero-order valence-corrected chi connectivity index (χ0v) is 13.7. The number of sulfone groups is 1. The van der Waals surface area contributed by atoms with Crippen LogP contribution in [0.1, 0.15) is 27.2 Å². The number of halogens is 1. The maximum absolute atomic E-state index is 11.9. The summed E-state index contributed by atoms with van der Waals surface area (Å²) in [6.07, 6.45) is 3.39. The van der Waals surface area contributed by atoms with Gasteiger partial charge in [0.25, 0.3) is 5.56 Å². The minimum Gasteiger partial charge on any atom is -0.381 e. The van der Waals surface area contributed by atoms with Gasteiger partial charge in [0, 0.05) is 19.3 Å². The molecule has 0 atom stereocenters. The predicted octanol–water partition coefficient (Wildman–Crippen LogP) is 1.54. The molecule has 114 valence electrons. The van der Waals surface area contributed by atoms with Crippen molar-refractivity contribution in [2.24, 2.45) is 0 Å². The third kappa shape index (κ3) is 3.73. The van der Waals surface area contributed by atoms with Gasteiger partial charge < -0.3 is 5.32 Å². The molecule has 8 heteroatoms. The quantitative estimate of drug-likeness (QED) is 0.859. The molecule has 0 spiro atoms. The SMILES string of the molecule is CCCn1ncc(NCC(C)(C)S(C)(=O)=O)c(Cl)c1=O. The van der Waals surface area contributed by atoms with Crippen molar-refractivity contribution >= 4 is 27.1 Å². The van der Waals surface area contributed by atoms with Gasteiger partial charge in [-0.25, -0.2) is 13.1 Å². The van der Waals surface area contributed by atoms with Crippen molar-refractivity contribution in [3.05, 3.63) is 21.6 Å². The average molecular weight is 322 g/mol. The maximum atomic E-state index is 11.9. The first-order valence-corrected chi connectivity index (χ1v) is 8.56. The highest BCUT2D eigenvalue weighted by Gasteiger charge is 2.30. The third-order valence-corrected chi connectivity index (χ3v) is 5.65. The normalized spacial score (nSPS) is 12.4. The Morgan fingerprint density at radius 3 is 2.55 bits per heavy atom. The number of hydrogen-bond acceptors (Lipinski definition) is 5. The molecule has 0 saturated heterocycles. The smallest absolute Gasteiger partial charge is 0.287 e. The lowest BCUT2D eigenvalue weighted by Crippen LogP contribution is -2.38. The standard InChI is InChI=1S/C12H20ClN3O3S/c1-5-6-16-11(17)10(13)9(7-15-16)14-8-12(2,3)20(4,18)19/h7,14H,5-6,8H2,1-4H3. The molecule has 0 fully saturated rings. The summed E-state index contributed by atoms with van der Waals surface area (Å²) in [5.41, 5.74) is -0.0311. The van der Waals surface area contributed by atoms with Gasteiger partial charge in [-0.05, 0) is 20.3 Å². The first-order valence-electron chi connectivity index (χ1n) is 6.29. The largest absolute Gasteiger partial charge is 0.381 e. The van der Waals surface area contributed by atoms with Crippen molar-refractivity contribution in [1.29, 1.82) is 0 Å². The highest BCUT2D eigenvalue weighted by molar-refractivity contribution is 7.92. The molecule has 0 bridgehead atoms. The van der Waals surface area contributed by atoms with Crippen molar-refractivity contribution in [2.75, 3.05) is 18.1 Å². The summed E-state index contributed by atoms with van der Waals surface area (Å²) in [4.78, 5) is 11.9. The molecular formula is C12H20ClN3O3S. The van der Waals surface area contributed by atoms with E-state index < -0.39 is 14.6 Å². The fraction of sp³-hybridized carbons (Fsp3) is 0.667. The fourth-order valence-electron chi connectivity index (χ4n) is 1.40. The molecule has 0 aliphatic carbocycles. The molecule has 1 aromatic rings. The summed E-state index contributed by atoms with van der Waals surface area (Å²) in [6.45, 7) is 5.78. The van der Waals surface area contributed by atoms with E-state index >= 15 is 0 Å². The monoisotopic (exact) mass is 321 g/mol. The van der Waals surface area contributed by atoms with Crippen LogP contribution in [0.5, 0.6) is 0 Å². The number of anilines is 1. The Morgan fingerprint density at radius 2 is 2.05 bits per heavy atom. The topological polar surface area (TPSA) is 81.1 Å². The van der Waals surface area contributed by atoms with Gasteiger partial charge in [-0.1, -0.05) is 18.5 Å². The van der Waals surface area contributed by atoms with Crippen molar-refractivity contribution in [3.8, 4) is 0 Å². The van der Waals surface area contributed by atoms with Crippen LogP contribution in [-0.2, 0) is 16.4 Å². The van der Waals surface area contributed by atoms with Crippen LogP contribution in [-0.4, -0.2) is 35.7 Å². The minimum absolute atomic E-state index is 0.0257. The van der Waals surface area contributed by atoms with Gasteiger partial charge in [-0.3, -0.25) is 4.79 Å². The summed E-state index contributed by atoms with van der Waals surface area (Å²) in [5, 5.41) is 6.91. The Morgan fingerprint density at radius 1 is 1.45 bits per heavy atom. The second-order valence-corrected chi connectivity index (χ2v) is 8.31. The number of aromatic nitrogens is 2. The van der Waals surface area contributed by atoms with Crippen LogP contribution in [0.15, 0.2) is 11.0 Å². The first kappa shape index (κ1) is 17.0. The van der Waals surface area contributed by atoms with Crippen molar-refractivity contribution < 1.29 is 8.42 Å². The van der Waals surface area contributed by atoms with Gasteiger partial charge >= 0.3 is 0 Å². The molecule has 0 amide bonds. The lowest BCUT2D eigenvalue weighted by Gasteiger charge is -2.23. The molecule has 0 saturated carbocycles. The van der Waals surface area contributed by atoms with Crippen LogP contribution >= 0.6 is 11.6 Å². The zero-order chi connectivity index (χ0) is 15.6. The van der Waals surface area contributed by atoms with E-state index in [0.717, 1.165) is 6.42 Å². The molecular weight excluding hydrogens is 302 g/mol. The van der Waals surface area contributed by atoms with Gasteiger partial charge in [0.2, 0.25) is 0 Å². The molecule has 0 unspecified atom stereocenters. The fourth-order valence-corrected chi connectivity index (χ4v) is 1.95. The van der Waals surface area contributed by atoms with Crippen LogP contribution in [0.4, 0.5) is 5.69 Å². The number of nitrogens with one attached hydrogen (secondary N) is 1. The molecule has 0 aromatic carbocycles. The third-order valence-electron chi connectivity index (χ3n) is 3.13. The maximum Gasteiger partial charge on any atom is 0.287 e. The molecule has 1 N–H and O–H groups in total. The van der Waals surface area contributed by atoms with Crippen LogP contribution in [0.25, 0.3) is 0 Å². The second-order valence-electron chi connectivity index (χ2n) is 5.29. The van der Waals surface area contributed by atoms with Gasteiger partial charge in [0.05, 0.1) is 16.6 Å². The Balaban J connectivity index is 2.96. The van der Waals surface area contributed by atoms with E-state index in [1.165, 1.54) is 17.1 Å². The van der Waals surface area contributed by atoms with E-state index in [4.69, 9.17) is 11.6 Å². The van der Waals surface area contributed by atoms with E-state index in [2.05, 4.69) is 10.4 Å². The van der Waals surface area contributed by atoms with Crippen molar-refractivity contribution in [2.45, 2.75) is 38.5 Å². The molecule has 1 aromatic heterocycles. The van der Waals surface area contributed by atoms with Crippen molar-refractivity contribution in [3.63, 3.8) is 0 Å². The Hall–Kier alpha value is -1.08. The number of rotatable bonds is 6. The number of nitrogens with zero attached hydrogens (tertiary/aromatic N) is 2. The molecule has 0 aliphatic rings. The summed E-state index contributed by atoms with van der Waals surface area (Å²) >= 11 is 5.99. The highest BCUT2D eigenvalue weighted by Crippen LogP contribution is 2.20. The van der Waals surface area contributed by atoms with E-state index in [1.807, 2.05) is 6.92 Å². The first-order chi connectivity index (χ1) is 9.10. The molecule has 1 rings (SSSR count). The summed E-state index contributed by atoms with van der Waals surface area (Å²) in [7, 11) is -3.22. The van der Waals surface area contributed by atoms with E-state index in [1.54, 1.807) is 13.8 Å². The number of hydrogen-bond donors (Lipinski definition) is 1. The van der Waals surface area contributed by atoms with Crippen LogP contribution < -0.4 is 10.9 Å². The molecule has 0 aliphatic heterocycles. The number of aryl methyl sites for hydroxylation is 1. The lowest BCUT2D eigenvalue weighted by molar-refractivity contribution is 0.558. The molecule has 0 radical (unpaired) electrons. The van der Waals surface area contributed by atoms with Gasteiger partial charge in [0.1, 0.15) is 5.02 Å². The van der Waals surface area contributed by atoms with E-state index in [9.17, 15) is 13.2 Å². The Bertz CT molecular complexity index is 638. The Kier molecular flexibility index (Phi) is 5.21. The highest BCUT2D eigenvalue weighted by atomic mass is 35.5. The molecule has 1 heterocycles. The second kappa shape index (κ2) is 6.13. The molecule has 20 heavy (non-hydrogen) atoms. The summed E-state index contributed by atoms with van der Waals surface area (Å²) in [6, 6.07) is 0. The Labute approximate surface area is 124 Å². The average Bonchev–Trinajstić information content (AvgIpc) is 2.33. The lowest BCUT2D eigenvalue weighted by atomic mass is 10.2. The minimum atomic E-state index is -3.22. The van der Waals surface area contributed by atoms with E-state index in [0.29, 0.717) is 12.2 Å². The zero-order valence-electron chi connectivity index (χ0n) is 12.1. The summed E-state index contributed by atoms with van der Waals surface area (Å²) in [5.74, 6) is 0.